The number of rotatable bonds is 3. The number of carbonyl (C=O) groups is 2. The lowest BCUT2D eigenvalue weighted by Gasteiger charge is -2.34. The molecule has 1 fully saturated rings. The molecule has 0 radical (unpaired) electrons. The molecule has 2 aliphatic rings. The largest absolute Gasteiger partial charge is 0.484 e. The normalized spacial score (nSPS) is 23.9. The lowest BCUT2D eigenvalue weighted by Crippen LogP contribution is -2.44. The first-order valence-corrected chi connectivity index (χ1v) is 8.34. The molecule has 0 aromatic heterocycles. The van der Waals surface area contributed by atoms with E-state index < -0.39 is 0 Å². The second kappa shape index (κ2) is 6.60. The van der Waals surface area contributed by atoms with Crippen molar-refractivity contribution in [2.24, 2.45) is 11.8 Å². The highest BCUT2D eigenvalue weighted by molar-refractivity contribution is 5.94. The molecule has 0 unspecified atom stereocenters. The number of hydrogen-bond donors (Lipinski definition) is 1. The number of fused-ring (bicyclic) bond motifs is 1. The van der Waals surface area contributed by atoms with E-state index in [4.69, 9.17) is 4.74 Å². The van der Waals surface area contributed by atoms with Gasteiger partial charge in [-0.05, 0) is 48.4 Å². The smallest absolute Gasteiger partial charge is 0.260 e. The van der Waals surface area contributed by atoms with Crippen molar-refractivity contribution in [3.05, 3.63) is 23.8 Å². The van der Waals surface area contributed by atoms with Crippen molar-refractivity contribution in [3.63, 3.8) is 0 Å². The summed E-state index contributed by atoms with van der Waals surface area (Å²) in [5.74, 6) is 1.89. The molecule has 1 aromatic carbocycles. The van der Waals surface area contributed by atoms with Crippen LogP contribution < -0.4 is 10.1 Å². The molecule has 1 N–H and O–H groups in total. The van der Waals surface area contributed by atoms with Gasteiger partial charge < -0.3 is 15.0 Å². The third kappa shape index (κ3) is 3.84. The Morgan fingerprint density at radius 3 is 2.74 bits per heavy atom. The lowest BCUT2D eigenvalue weighted by molar-refractivity contribution is -0.136. The summed E-state index contributed by atoms with van der Waals surface area (Å²) in [5, 5.41) is 2.84. The first kappa shape index (κ1) is 15.8. The van der Waals surface area contributed by atoms with E-state index in [-0.39, 0.29) is 18.4 Å². The van der Waals surface area contributed by atoms with Gasteiger partial charge in [0, 0.05) is 25.2 Å². The molecule has 5 nitrogen and oxygen atoms in total. The van der Waals surface area contributed by atoms with Gasteiger partial charge in [-0.1, -0.05) is 13.8 Å². The highest BCUT2D eigenvalue weighted by atomic mass is 16.5. The maximum Gasteiger partial charge on any atom is 0.260 e. The molecule has 3 rings (SSSR count). The molecule has 1 aromatic rings. The van der Waals surface area contributed by atoms with Gasteiger partial charge in [0.05, 0.1) is 0 Å². The van der Waals surface area contributed by atoms with E-state index in [1.807, 2.05) is 17.0 Å². The Bertz CT molecular complexity index is 604. The fraction of sp³-hybridized carbons (Fsp3) is 0.556. The number of hydrogen-bond acceptors (Lipinski definition) is 3. The molecule has 0 aliphatic carbocycles. The van der Waals surface area contributed by atoms with Crippen LogP contribution >= 0.6 is 0 Å². The van der Waals surface area contributed by atoms with E-state index in [1.54, 1.807) is 6.07 Å². The summed E-state index contributed by atoms with van der Waals surface area (Å²) in [6, 6.07) is 5.57. The number of ether oxygens (including phenoxy) is 1. The molecule has 1 saturated heterocycles. The molecule has 2 heterocycles. The fourth-order valence-electron chi connectivity index (χ4n) is 3.55. The van der Waals surface area contributed by atoms with Crippen molar-refractivity contribution in [2.75, 3.05) is 25.0 Å². The van der Waals surface area contributed by atoms with Crippen LogP contribution in [0.1, 0.15) is 32.3 Å². The molecule has 5 heteroatoms. The first-order chi connectivity index (χ1) is 11.0. The topological polar surface area (TPSA) is 58.6 Å². The van der Waals surface area contributed by atoms with Gasteiger partial charge in [-0.25, -0.2) is 0 Å². The Labute approximate surface area is 137 Å². The summed E-state index contributed by atoms with van der Waals surface area (Å²) >= 11 is 0. The van der Waals surface area contributed by atoms with Crippen LogP contribution in [0.25, 0.3) is 0 Å². The predicted molar refractivity (Wildman–Crippen MR) is 88.4 cm³/mol. The molecular formula is C18H24N2O3. The molecule has 124 valence electrons. The Kier molecular flexibility index (Phi) is 4.55. The van der Waals surface area contributed by atoms with Crippen LogP contribution in [0.4, 0.5) is 5.69 Å². The first-order valence-electron chi connectivity index (χ1n) is 8.34. The number of benzene rings is 1. The van der Waals surface area contributed by atoms with Crippen molar-refractivity contribution < 1.29 is 14.3 Å². The Balaban J connectivity index is 1.58. The van der Waals surface area contributed by atoms with Gasteiger partial charge in [0.1, 0.15) is 5.75 Å². The Morgan fingerprint density at radius 1 is 1.26 bits per heavy atom. The van der Waals surface area contributed by atoms with E-state index in [2.05, 4.69) is 19.2 Å². The summed E-state index contributed by atoms with van der Waals surface area (Å²) in [7, 11) is 0. The highest BCUT2D eigenvalue weighted by Gasteiger charge is 2.25. The predicted octanol–water partition coefficient (Wildman–Crippen LogP) is 2.45. The summed E-state index contributed by atoms with van der Waals surface area (Å²) in [6.07, 6.45) is 2.40. The van der Waals surface area contributed by atoms with E-state index >= 15 is 0 Å². The maximum absolute atomic E-state index is 12.3. The Morgan fingerprint density at radius 2 is 2.00 bits per heavy atom. The molecular weight excluding hydrogens is 292 g/mol. The van der Waals surface area contributed by atoms with Crippen LogP contribution in [0.3, 0.4) is 0 Å². The number of likely N-dealkylation sites (tertiary alicyclic amines) is 1. The Hall–Kier alpha value is -2.04. The van der Waals surface area contributed by atoms with Crippen molar-refractivity contribution in [2.45, 2.75) is 33.1 Å². The molecule has 2 aliphatic heterocycles. The van der Waals surface area contributed by atoms with E-state index in [0.717, 1.165) is 24.3 Å². The zero-order chi connectivity index (χ0) is 16.4. The second-order valence-electron chi connectivity index (χ2n) is 6.90. The van der Waals surface area contributed by atoms with Crippen LogP contribution in [0.15, 0.2) is 18.2 Å². The molecule has 2 atom stereocenters. The molecule has 0 spiro atoms. The van der Waals surface area contributed by atoms with Crippen LogP contribution in [0.2, 0.25) is 0 Å². The average Bonchev–Trinajstić information content (AvgIpc) is 2.51. The number of nitrogens with one attached hydrogen (secondary N) is 1. The van der Waals surface area contributed by atoms with Crippen LogP contribution in [-0.4, -0.2) is 36.4 Å². The van der Waals surface area contributed by atoms with Crippen molar-refractivity contribution in [1.82, 2.24) is 4.90 Å². The van der Waals surface area contributed by atoms with Crippen LogP contribution in [0, 0.1) is 11.8 Å². The number of amides is 2. The minimum atomic E-state index is 0.0504. The van der Waals surface area contributed by atoms with Crippen molar-refractivity contribution >= 4 is 17.5 Å². The summed E-state index contributed by atoms with van der Waals surface area (Å²) < 4.78 is 5.68. The van der Waals surface area contributed by atoms with Crippen LogP contribution in [0.5, 0.6) is 5.75 Å². The van der Waals surface area contributed by atoms with E-state index in [9.17, 15) is 9.59 Å². The molecule has 23 heavy (non-hydrogen) atoms. The maximum atomic E-state index is 12.3. The summed E-state index contributed by atoms with van der Waals surface area (Å²) in [6.45, 7) is 6.10. The van der Waals surface area contributed by atoms with E-state index in [0.29, 0.717) is 30.4 Å². The fourth-order valence-corrected chi connectivity index (χ4v) is 3.55. The number of aryl methyl sites for hydroxylation is 1. The minimum Gasteiger partial charge on any atom is -0.484 e. The second-order valence-corrected chi connectivity index (χ2v) is 6.90. The lowest BCUT2D eigenvalue weighted by atomic mass is 9.92. The van der Waals surface area contributed by atoms with Gasteiger partial charge in [0.15, 0.2) is 6.61 Å². The standard InChI is InChI=1S/C18H24N2O3/c1-12-7-13(2)10-20(9-12)18(22)11-23-15-4-5-16-14(8-15)3-6-17(21)19-16/h4-5,8,12-13H,3,6-7,9-11H2,1-2H3,(H,19,21)/t12-,13+. The monoisotopic (exact) mass is 316 g/mol. The zero-order valence-corrected chi connectivity index (χ0v) is 13.8. The number of carbonyl (C=O) groups excluding carboxylic acids is 2. The molecule has 2 amide bonds. The van der Waals surface area contributed by atoms with Crippen LogP contribution in [-0.2, 0) is 16.0 Å². The summed E-state index contributed by atoms with van der Waals surface area (Å²) in [5.41, 5.74) is 1.91. The van der Waals surface area contributed by atoms with Gasteiger partial charge in [-0.2, -0.15) is 0 Å². The summed E-state index contributed by atoms with van der Waals surface area (Å²) in [4.78, 5) is 25.6. The van der Waals surface area contributed by atoms with Gasteiger partial charge in [-0.3, -0.25) is 9.59 Å². The quantitative estimate of drug-likeness (QED) is 0.932. The van der Waals surface area contributed by atoms with Gasteiger partial charge in [-0.15, -0.1) is 0 Å². The van der Waals surface area contributed by atoms with Crippen molar-refractivity contribution in [1.29, 1.82) is 0 Å². The average molecular weight is 316 g/mol. The zero-order valence-electron chi connectivity index (χ0n) is 13.8. The van der Waals surface area contributed by atoms with Gasteiger partial charge in [0.25, 0.3) is 5.91 Å². The minimum absolute atomic E-state index is 0.0504. The number of nitrogens with zero attached hydrogens (tertiary/aromatic N) is 1. The third-order valence-electron chi connectivity index (χ3n) is 4.56. The SMILES string of the molecule is C[C@@H]1C[C@H](C)CN(C(=O)COc2ccc3c(c2)CCC(=O)N3)C1. The number of piperidine rings is 1. The highest BCUT2D eigenvalue weighted by Crippen LogP contribution is 2.27. The third-order valence-corrected chi connectivity index (χ3v) is 4.56. The van der Waals surface area contributed by atoms with Gasteiger partial charge in [0.2, 0.25) is 5.91 Å². The molecule has 0 saturated carbocycles. The van der Waals surface area contributed by atoms with Gasteiger partial charge >= 0.3 is 0 Å². The van der Waals surface area contributed by atoms with Crippen molar-refractivity contribution in [3.8, 4) is 5.75 Å². The number of anilines is 1. The molecule has 0 bridgehead atoms. The van der Waals surface area contributed by atoms with E-state index in [1.165, 1.54) is 6.42 Å².